The molecule has 1 aromatic heterocycles. The van der Waals surface area contributed by atoms with Crippen LogP contribution in [0.25, 0.3) is 0 Å². The molecule has 1 atom stereocenters. The molecule has 0 spiro atoms. The highest BCUT2D eigenvalue weighted by atomic mass is 32.1. The number of aromatic nitrogens is 1. The van der Waals surface area contributed by atoms with Crippen molar-refractivity contribution in [2.45, 2.75) is 32.6 Å². The number of likely N-dealkylation sites (tertiary alicyclic amines) is 1. The molecule has 1 fully saturated rings. The van der Waals surface area contributed by atoms with Crippen LogP contribution in [-0.2, 0) is 16.0 Å². The maximum absolute atomic E-state index is 12.6. The van der Waals surface area contributed by atoms with Gasteiger partial charge in [-0.25, -0.2) is 4.98 Å². The van der Waals surface area contributed by atoms with Gasteiger partial charge in [0.2, 0.25) is 0 Å². The number of methoxy groups -OCH3 is 1. The van der Waals surface area contributed by atoms with Crippen LogP contribution < -0.4 is 0 Å². The number of rotatable bonds is 6. The van der Waals surface area contributed by atoms with E-state index in [9.17, 15) is 14.7 Å². The highest BCUT2D eigenvalue weighted by molar-refractivity contribution is 7.13. The van der Waals surface area contributed by atoms with Gasteiger partial charge in [0.1, 0.15) is 10.3 Å². The zero-order valence-corrected chi connectivity index (χ0v) is 13.8. The number of amides is 1. The third kappa shape index (κ3) is 3.47. The summed E-state index contributed by atoms with van der Waals surface area (Å²) in [6, 6.07) is 0. The fourth-order valence-electron chi connectivity index (χ4n) is 2.83. The molecule has 0 aromatic carbocycles. The van der Waals surface area contributed by atoms with Crippen molar-refractivity contribution in [3.05, 3.63) is 16.1 Å². The molecule has 122 valence electrons. The Morgan fingerprint density at radius 2 is 2.32 bits per heavy atom. The molecule has 2 rings (SSSR count). The number of carbonyl (C=O) groups excluding carboxylic acids is 1. The average molecular weight is 326 g/mol. The summed E-state index contributed by atoms with van der Waals surface area (Å²) in [5.74, 6) is -1.02. The average Bonchev–Trinajstić information content (AvgIpc) is 2.96. The molecule has 1 N–H and O–H groups in total. The number of carbonyl (C=O) groups is 2. The zero-order chi connectivity index (χ0) is 16.2. The third-order valence-electron chi connectivity index (χ3n) is 3.97. The van der Waals surface area contributed by atoms with Gasteiger partial charge >= 0.3 is 5.97 Å². The molecule has 1 unspecified atom stereocenters. The Balaban J connectivity index is 2.13. The van der Waals surface area contributed by atoms with Crippen molar-refractivity contribution in [1.82, 2.24) is 9.88 Å². The molecular formula is C15H22N2O4S. The fourth-order valence-corrected chi connectivity index (χ4v) is 3.82. The first kappa shape index (κ1) is 16.9. The van der Waals surface area contributed by atoms with Gasteiger partial charge in [-0.2, -0.15) is 0 Å². The molecule has 2 heterocycles. The number of thiazole rings is 1. The van der Waals surface area contributed by atoms with E-state index in [-0.39, 0.29) is 19.1 Å². The van der Waals surface area contributed by atoms with Gasteiger partial charge in [-0.05, 0) is 25.7 Å². The van der Waals surface area contributed by atoms with Crippen molar-refractivity contribution in [3.8, 4) is 0 Å². The Labute approximate surface area is 134 Å². The minimum absolute atomic E-state index is 0.121. The maximum atomic E-state index is 12.6. The predicted octanol–water partition coefficient (Wildman–Crippen LogP) is 2.05. The van der Waals surface area contributed by atoms with Crippen molar-refractivity contribution in [2.24, 2.45) is 5.41 Å². The van der Waals surface area contributed by atoms with Crippen LogP contribution in [-0.4, -0.2) is 53.7 Å². The predicted molar refractivity (Wildman–Crippen MR) is 83.2 cm³/mol. The van der Waals surface area contributed by atoms with Gasteiger partial charge in [-0.3, -0.25) is 9.59 Å². The Hall–Kier alpha value is -1.47. The second-order valence-electron chi connectivity index (χ2n) is 5.72. The van der Waals surface area contributed by atoms with Gasteiger partial charge in [0.25, 0.3) is 5.91 Å². The summed E-state index contributed by atoms with van der Waals surface area (Å²) in [7, 11) is 1.49. The molecule has 1 saturated heterocycles. The molecular weight excluding hydrogens is 304 g/mol. The van der Waals surface area contributed by atoms with E-state index in [0.717, 1.165) is 17.8 Å². The van der Waals surface area contributed by atoms with Gasteiger partial charge in [0.15, 0.2) is 0 Å². The molecule has 1 aliphatic heterocycles. The van der Waals surface area contributed by atoms with Crippen molar-refractivity contribution < 1.29 is 19.4 Å². The van der Waals surface area contributed by atoms with E-state index in [0.29, 0.717) is 24.3 Å². The van der Waals surface area contributed by atoms with E-state index in [4.69, 9.17) is 4.74 Å². The first-order valence-corrected chi connectivity index (χ1v) is 8.30. The van der Waals surface area contributed by atoms with E-state index in [2.05, 4.69) is 11.9 Å². The van der Waals surface area contributed by atoms with Crippen LogP contribution in [0.5, 0.6) is 0 Å². The van der Waals surface area contributed by atoms with Crippen LogP contribution in [0.3, 0.4) is 0 Å². The number of hydrogen-bond acceptors (Lipinski definition) is 5. The van der Waals surface area contributed by atoms with Crippen LogP contribution >= 0.6 is 11.3 Å². The van der Waals surface area contributed by atoms with Gasteiger partial charge < -0.3 is 14.7 Å². The van der Waals surface area contributed by atoms with Crippen molar-refractivity contribution in [2.75, 3.05) is 26.8 Å². The molecule has 0 saturated carbocycles. The number of piperidine rings is 1. The van der Waals surface area contributed by atoms with Crippen LogP contribution in [0.2, 0.25) is 0 Å². The summed E-state index contributed by atoms with van der Waals surface area (Å²) < 4.78 is 5.09. The molecule has 22 heavy (non-hydrogen) atoms. The highest BCUT2D eigenvalue weighted by Crippen LogP contribution is 2.32. The summed E-state index contributed by atoms with van der Waals surface area (Å²) >= 11 is 1.40. The van der Waals surface area contributed by atoms with Crippen LogP contribution in [0.15, 0.2) is 6.20 Å². The summed E-state index contributed by atoms with van der Waals surface area (Å²) in [4.78, 5) is 30.7. The fraction of sp³-hybridized carbons (Fsp3) is 0.667. The van der Waals surface area contributed by atoms with Gasteiger partial charge in [-0.1, -0.05) is 6.92 Å². The summed E-state index contributed by atoms with van der Waals surface area (Å²) in [6.45, 7) is 2.96. The minimum Gasteiger partial charge on any atom is -0.481 e. The Morgan fingerprint density at radius 1 is 1.55 bits per heavy atom. The van der Waals surface area contributed by atoms with Crippen LogP contribution in [0.4, 0.5) is 0 Å². The van der Waals surface area contributed by atoms with Crippen molar-refractivity contribution in [1.29, 1.82) is 0 Å². The number of carboxylic acids is 1. The lowest BCUT2D eigenvalue weighted by Crippen LogP contribution is -2.52. The smallest absolute Gasteiger partial charge is 0.313 e. The van der Waals surface area contributed by atoms with Gasteiger partial charge in [-0.15, -0.1) is 11.3 Å². The van der Waals surface area contributed by atoms with E-state index in [1.807, 2.05) is 0 Å². The minimum atomic E-state index is -1.00. The maximum Gasteiger partial charge on any atom is 0.313 e. The largest absolute Gasteiger partial charge is 0.481 e. The summed E-state index contributed by atoms with van der Waals surface area (Å²) in [5, 5.41) is 10.5. The number of ether oxygens (including phenoxy) is 1. The third-order valence-corrected chi connectivity index (χ3v) is 5.01. The Kier molecular flexibility index (Phi) is 5.52. The van der Waals surface area contributed by atoms with E-state index >= 15 is 0 Å². The number of nitrogens with zero attached hydrogens (tertiary/aromatic N) is 2. The zero-order valence-electron chi connectivity index (χ0n) is 13.0. The Morgan fingerprint density at radius 3 is 2.95 bits per heavy atom. The molecule has 0 radical (unpaired) electrons. The van der Waals surface area contributed by atoms with Gasteiger partial charge in [0, 0.05) is 20.2 Å². The second-order valence-corrected chi connectivity index (χ2v) is 6.83. The normalized spacial score (nSPS) is 21.8. The van der Waals surface area contributed by atoms with E-state index in [1.54, 1.807) is 11.1 Å². The van der Waals surface area contributed by atoms with Crippen molar-refractivity contribution in [3.63, 3.8) is 0 Å². The summed E-state index contributed by atoms with van der Waals surface area (Å²) in [5.41, 5.74) is -1.00. The lowest BCUT2D eigenvalue weighted by atomic mass is 9.80. The first-order chi connectivity index (χ1) is 10.5. The second kappa shape index (κ2) is 7.19. The van der Waals surface area contributed by atoms with E-state index < -0.39 is 11.4 Å². The lowest BCUT2D eigenvalue weighted by molar-refractivity contribution is -0.155. The Bertz CT molecular complexity index is 541. The monoisotopic (exact) mass is 326 g/mol. The molecule has 0 bridgehead atoms. The number of aryl methyl sites for hydroxylation is 1. The van der Waals surface area contributed by atoms with Gasteiger partial charge in [0.05, 0.1) is 17.8 Å². The molecule has 7 heteroatoms. The summed E-state index contributed by atoms with van der Waals surface area (Å²) in [6.07, 6.45) is 4.65. The quantitative estimate of drug-likeness (QED) is 0.865. The van der Waals surface area contributed by atoms with Crippen molar-refractivity contribution >= 4 is 23.2 Å². The highest BCUT2D eigenvalue weighted by Gasteiger charge is 2.44. The number of aliphatic carboxylic acids is 1. The number of hydrogen-bond donors (Lipinski definition) is 1. The van der Waals surface area contributed by atoms with Crippen LogP contribution in [0.1, 0.15) is 40.9 Å². The molecule has 1 aromatic rings. The molecule has 0 aliphatic carbocycles. The topological polar surface area (TPSA) is 79.7 Å². The molecule has 6 nitrogen and oxygen atoms in total. The standard InChI is InChI=1S/C15H22N2O4S/c1-3-5-12-16-8-11(22-12)13(18)17-7-4-6-15(9-17,10-21-2)14(19)20/h8H,3-7,9-10H2,1-2H3,(H,19,20). The SMILES string of the molecule is CCCc1ncc(C(=O)N2CCCC(COC)(C(=O)O)C2)s1. The lowest BCUT2D eigenvalue weighted by Gasteiger charge is -2.39. The molecule has 1 amide bonds. The first-order valence-electron chi connectivity index (χ1n) is 7.48. The van der Waals surface area contributed by atoms with Crippen LogP contribution in [0, 0.1) is 5.41 Å². The van der Waals surface area contributed by atoms with E-state index in [1.165, 1.54) is 18.4 Å². The number of carboxylic acid groups (broad SMARTS) is 1. The molecule has 1 aliphatic rings.